The highest BCUT2D eigenvalue weighted by Gasteiger charge is 2.01. The summed E-state index contributed by atoms with van der Waals surface area (Å²) in [4.78, 5) is 9.66. The highest BCUT2D eigenvalue weighted by molar-refractivity contribution is 7.09. The van der Waals surface area contributed by atoms with Crippen LogP contribution in [0.1, 0.15) is 24.4 Å². The third-order valence-electron chi connectivity index (χ3n) is 2.20. The fraction of sp³-hybridized carbons (Fsp3) is 0.455. The van der Waals surface area contributed by atoms with Gasteiger partial charge in [-0.05, 0) is 0 Å². The zero-order valence-corrected chi connectivity index (χ0v) is 10.4. The van der Waals surface area contributed by atoms with Crippen LogP contribution in [-0.4, -0.2) is 20.6 Å². The van der Waals surface area contributed by atoms with Gasteiger partial charge in [0, 0.05) is 29.9 Å². The first-order chi connectivity index (χ1) is 7.74. The average Bonchev–Trinajstić information content (AvgIpc) is 2.87. The molecule has 16 heavy (non-hydrogen) atoms. The Labute approximate surface area is 99.4 Å². The maximum Gasteiger partial charge on any atom is 0.0953 e. The summed E-state index contributed by atoms with van der Waals surface area (Å²) in [6, 6.07) is 0.492. The minimum atomic E-state index is 0.492. The molecule has 0 spiro atoms. The summed E-state index contributed by atoms with van der Waals surface area (Å²) in [7, 11) is 0. The Morgan fingerprint density at radius 2 is 2.38 bits per heavy atom. The average molecular weight is 236 g/mol. The van der Waals surface area contributed by atoms with Crippen LogP contribution in [0.25, 0.3) is 0 Å². The lowest BCUT2D eigenvalue weighted by Crippen LogP contribution is -2.21. The Morgan fingerprint density at radius 1 is 1.50 bits per heavy atom. The minimum Gasteiger partial charge on any atom is -0.332 e. The summed E-state index contributed by atoms with van der Waals surface area (Å²) < 4.78 is 2.09. The Bertz CT molecular complexity index is 419. The van der Waals surface area contributed by atoms with Crippen molar-refractivity contribution in [1.29, 1.82) is 0 Å². The van der Waals surface area contributed by atoms with E-state index in [0.29, 0.717) is 6.04 Å². The van der Waals surface area contributed by atoms with Gasteiger partial charge in [-0.3, -0.25) is 4.98 Å². The molecule has 86 valence electrons. The number of rotatable bonds is 5. The van der Waals surface area contributed by atoms with Crippen molar-refractivity contribution in [2.24, 2.45) is 0 Å². The van der Waals surface area contributed by atoms with E-state index in [1.807, 2.05) is 18.0 Å². The van der Waals surface area contributed by atoms with E-state index in [2.05, 4.69) is 39.9 Å². The van der Waals surface area contributed by atoms with Crippen molar-refractivity contribution >= 4 is 11.3 Å². The van der Waals surface area contributed by atoms with Gasteiger partial charge < -0.3 is 9.88 Å². The maximum atomic E-state index is 4.35. The van der Waals surface area contributed by atoms with Gasteiger partial charge in [0.1, 0.15) is 0 Å². The Morgan fingerprint density at radius 3 is 3.06 bits per heavy atom. The van der Waals surface area contributed by atoms with E-state index >= 15 is 0 Å². The van der Waals surface area contributed by atoms with E-state index in [1.54, 1.807) is 11.3 Å². The van der Waals surface area contributed by atoms with Gasteiger partial charge in [0.25, 0.3) is 0 Å². The molecule has 0 atom stereocenters. The highest BCUT2D eigenvalue weighted by Crippen LogP contribution is 2.08. The molecule has 0 aromatic carbocycles. The molecule has 4 nitrogen and oxygen atoms in total. The van der Waals surface area contributed by atoms with E-state index in [9.17, 15) is 0 Å². The maximum absolute atomic E-state index is 4.35. The topological polar surface area (TPSA) is 42.7 Å². The molecule has 2 rings (SSSR count). The second-order valence-electron chi connectivity index (χ2n) is 4.04. The third kappa shape index (κ3) is 3.15. The van der Waals surface area contributed by atoms with Crippen LogP contribution in [0, 0.1) is 0 Å². The smallest absolute Gasteiger partial charge is 0.0953 e. The van der Waals surface area contributed by atoms with Gasteiger partial charge in [-0.25, -0.2) is 4.98 Å². The van der Waals surface area contributed by atoms with Gasteiger partial charge in [-0.1, -0.05) is 13.8 Å². The second-order valence-corrected chi connectivity index (χ2v) is 5.01. The fourth-order valence-corrected chi connectivity index (χ4v) is 2.00. The first-order valence-corrected chi connectivity index (χ1v) is 6.23. The molecule has 0 unspecified atom stereocenters. The van der Waals surface area contributed by atoms with Gasteiger partial charge >= 0.3 is 0 Å². The Balaban J connectivity index is 1.92. The molecular weight excluding hydrogens is 220 g/mol. The van der Waals surface area contributed by atoms with Crippen LogP contribution in [0.3, 0.4) is 0 Å². The number of nitrogens with zero attached hydrogens (tertiary/aromatic N) is 3. The third-order valence-corrected chi connectivity index (χ3v) is 2.96. The van der Waals surface area contributed by atoms with E-state index in [-0.39, 0.29) is 0 Å². The standard InChI is InChI=1S/C11H16N4S/c1-9(2)13-3-10-5-15(7-14-10)6-11-4-12-8-16-11/h4-5,7-9,13H,3,6H2,1-2H3. The molecule has 0 aliphatic heterocycles. The van der Waals surface area contributed by atoms with Crippen molar-refractivity contribution in [2.75, 3.05) is 0 Å². The van der Waals surface area contributed by atoms with E-state index in [4.69, 9.17) is 0 Å². The molecule has 2 heterocycles. The molecule has 2 aromatic rings. The minimum absolute atomic E-state index is 0.492. The lowest BCUT2D eigenvalue weighted by atomic mass is 10.3. The van der Waals surface area contributed by atoms with Crippen LogP contribution in [-0.2, 0) is 13.1 Å². The van der Waals surface area contributed by atoms with Crippen molar-refractivity contribution in [2.45, 2.75) is 33.0 Å². The fourth-order valence-electron chi connectivity index (χ4n) is 1.39. The Kier molecular flexibility index (Phi) is 3.69. The molecule has 0 aliphatic carbocycles. The summed E-state index contributed by atoms with van der Waals surface area (Å²) in [5, 5.41) is 3.35. The first kappa shape index (κ1) is 11.3. The van der Waals surface area contributed by atoms with Crippen LogP contribution < -0.4 is 5.32 Å². The van der Waals surface area contributed by atoms with E-state index in [0.717, 1.165) is 18.8 Å². The van der Waals surface area contributed by atoms with Crippen LogP contribution >= 0.6 is 11.3 Å². The number of hydrogen-bond donors (Lipinski definition) is 1. The molecule has 2 aromatic heterocycles. The van der Waals surface area contributed by atoms with Gasteiger partial charge in [-0.2, -0.15) is 0 Å². The first-order valence-electron chi connectivity index (χ1n) is 5.35. The summed E-state index contributed by atoms with van der Waals surface area (Å²) in [6.45, 7) is 5.95. The zero-order valence-electron chi connectivity index (χ0n) is 9.55. The van der Waals surface area contributed by atoms with Crippen molar-refractivity contribution in [3.8, 4) is 0 Å². The molecule has 0 amide bonds. The monoisotopic (exact) mass is 236 g/mol. The molecule has 0 aliphatic rings. The van der Waals surface area contributed by atoms with Crippen molar-refractivity contribution < 1.29 is 0 Å². The predicted octanol–water partition coefficient (Wildman–Crippen LogP) is 1.89. The highest BCUT2D eigenvalue weighted by atomic mass is 32.1. The summed E-state index contributed by atoms with van der Waals surface area (Å²) in [5.41, 5.74) is 2.94. The van der Waals surface area contributed by atoms with Crippen LogP contribution in [0.15, 0.2) is 24.2 Å². The predicted molar refractivity (Wildman–Crippen MR) is 65.4 cm³/mol. The lowest BCUT2D eigenvalue weighted by Gasteiger charge is -2.04. The normalized spacial score (nSPS) is 11.2. The summed E-state index contributed by atoms with van der Waals surface area (Å²) >= 11 is 1.67. The van der Waals surface area contributed by atoms with Gasteiger partial charge in [0.15, 0.2) is 0 Å². The number of imidazole rings is 1. The zero-order chi connectivity index (χ0) is 11.4. The van der Waals surface area contributed by atoms with Gasteiger partial charge in [0.2, 0.25) is 0 Å². The van der Waals surface area contributed by atoms with E-state index < -0.39 is 0 Å². The van der Waals surface area contributed by atoms with Crippen LogP contribution in [0.2, 0.25) is 0 Å². The Hall–Kier alpha value is -1.20. The van der Waals surface area contributed by atoms with Gasteiger partial charge in [0.05, 0.1) is 24.1 Å². The van der Waals surface area contributed by atoms with Gasteiger partial charge in [-0.15, -0.1) is 11.3 Å². The lowest BCUT2D eigenvalue weighted by molar-refractivity contribution is 0.582. The molecule has 1 N–H and O–H groups in total. The van der Waals surface area contributed by atoms with Crippen molar-refractivity contribution in [3.05, 3.63) is 34.8 Å². The molecule has 0 fully saturated rings. The SMILES string of the molecule is CC(C)NCc1cn(Cc2cncs2)cn1. The van der Waals surface area contributed by atoms with Crippen LogP contribution in [0.5, 0.6) is 0 Å². The largest absolute Gasteiger partial charge is 0.332 e. The van der Waals surface area contributed by atoms with E-state index in [1.165, 1.54) is 4.88 Å². The van der Waals surface area contributed by atoms with Crippen molar-refractivity contribution in [1.82, 2.24) is 19.9 Å². The number of thiazole rings is 1. The molecular formula is C11H16N4S. The summed E-state index contributed by atoms with van der Waals surface area (Å²) in [6.07, 6.45) is 5.85. The van der Waals surface area contributed by atoms with Crippen LogP contribution in [0.4, 0.5) is 0 Å². The molecule has 0 bridgehead atoms. The number of aromatic nitrogens is 3. The molecule has 0 radical (unpaired) electrons. The number of hydrogen-bond acceptors (Lipinski definition) is 4. The molecule has 0 saturated heterocycles. The van der Waals surface area contributed by atoms with Crippen molar-refractivity contribution in [3.63, 3.8) is 0 Å². The second kappa shape index (κ2) is 5.23. The quantitative estimate of drug-likeness (QED) is 0.862. The summed E-state index contributed by atoms with van der Waals surface area (Å²) in [5.74, 6) is 0. The number of nitrogens with one attached hydrogen (secondary N) is 1. The molecule has 5 heteroatoms. The molecule has 0 saturated carbocycles.